The fourth-order valence-electron chi connectivity index (χ4n) is 2.52. The van der Waals surface area contributed by atoms with Gasteiger partial charge in [0.2, 0.25) is 12.3 Å². The van der Waals surface area contributed by atoms with Crippen LogP contribution in [0.3, 0.4) is 0 Å². The molecule has 29 heavy (non-hydrogen) atoms. The van der Waals surface area contributed by atoms with Gasteiger partial charge in [0.15, 0.2) is 12.4 Å². The number of hydrogen-bond donors (Lipinski definition) is 1. The SMILES string of the molecule is COc1ccc(C(=O)C[n+]2ccc(C(=O)N/N=C\c3ccccc3)cc2)cc1.[Br-]. The molecule has 1 heterocycles. The molecule has 148 valence electrons. The molecule has 0 fully saturated rings. The number of pyridine rings is 1. The standard InChI is InChI=1S/C22H19N3O3.BrH/c1-28-20-9-7-18(8-10-20)21(26)16-25-13-11-19(12-14-25)22(27)24-23-15-17-5-3-2-4-6-17;/h2-15H,16H2,1H3;1H. The summed E-state index contributed by atoms with van der Waals surface area (Å²) in [5, 5.41) is 3.95. The van der Waals surface area contributed by atoms with Gasteiger partial charge in [0.25, 0.3) is 5.91 Å². The highest BCUT2D eigenvalue weighted by molar-refractivity contribution is 5.95. The first-order valence-electron chi connectivity index (χ1n) is 8.70. The van der Waals surface area contributed by atoms with Crippen molar-refractivity contribution in [2.45, 2.75) is 6.54 Å². The zero-order chi connectivity index (χ0) is 19.8. The Balaban J connectivity index is 0.00000300. The summed E-state index contributed by atoms with van der Waals surface area (Å²) in [7, 11) is 1.58. The number of nitrogens with one attached hydrogen (secondary N) is 1. The number of rotatable bonds is 7. The Bertz CT molecular complexity index is 972. The van der Waals surface area contributed by atoms with Gasteiger partial charge < -0.3 is 21.7 Å². The van der Waals surface area contributed by atoms with E-state index in [0.29, 0.717) is 16.9 Å². The van der Waals surface area contributed by atoms with E-state index < -0.39 is 0 Å². The van der Waals surface area contributed by atoms with Crippen molar-refractivity contribution >= 4 is 17.9 Å². The van der Waals surface area contributed by atoms with Crippen LogP contribution in [0.1, 0.15) is 26.3 Å². The summed E-state index contributed by atoms with van der Waals surface area (Å²) in [5.41, 5.74) is 4.44. The average Bonchev–Trinajstić information content (AvgIpc) is 2.75. The van der Waals surface area contributed by atoms with Gasteiger partial charge in [-0.1, -0.05) is 30.3 Å². The summed E-state index contributed by atoms with van der Waals surface area (Å²) < 4.78 is 6.81. The summed E-state index contributed by atoms with van der Waals surface area (Å²) in [6.45, 7) is 0.181. The number of aromatic nitrogens is 1. The molecule has 0 aliphatic heterocycles. The van der Waals surface area contributed by atoms with Crippen molar-refractivity contribution in [3.05, 3.63) is 95.8 Å². The van der Waals surface area contributed by atoms with E-state index in [1.807, 2.05) is 30.3 Å². The number of methoxy groups -OCH3 is 1. The number of carbonyl (C=O) groups excluding carboxylic acids is 2. The zero-order valence-corrected chi connectivity index (χ0v) is 17.4. The molecule has 0 saturated heterocycles. The van der Waals surface area contributed by atoms with E-state index in [2.05, 4.69) is 10.5 Å². The number of amides is 1. The fourth-order valence-corrected chi connectivity index (χ4v) is 2.52. The van der Waals surface area contributed by atoms with E-state index in [1.54, 1.807) is 66.7 Å². The maximum Gasteiger partial charge on any atom is 0.271 e. The molecule has 1 aromatic heterocycles. The van der Waals surface area contributed by atoms with E-state index in [9.17, 15) is 9.59 Å². The van der Waals surface area contributed by atoms with Gasteiger partial charge in [-0.05, 0) is 29.8 Å². The molecule has 0 spiro atoms. The van der Waals surface area contributed by atoms with Crippen molar-refractivity contribution in [1.29, 1.82) is 0 Å². The summed E-state index contributed by atoms with van der Waals surface area (Å²) in [6, 6.07) is 19.7. The average molecular weight is 454 g/mol. The number of hydrazone groups is 1. The van der Waals surface area contributed by atoms with E-state index in [0.717, 1.165) is 5.56 Å². The number of ether oxygens (including phenoxy) is 1. The third-order valence-corrected chi connectivity index (χ3v) is 4.07. The largest absolute Gasteiger partial charge is 1.00 e. The molecule has 0 radical (unpaired) electrons. The third kappa shape index (κ3) is 6.36. The molecule has 0 atom stereocenters. The molecule has 0 saturated carbocycles. The second-order valence-corrected chi connectivity index (χ2v) is 6.02. The van der Waals surface area contributed by atoms with Crippen LogP contribution in [0.5, 0.6) is 5.75 Å². The molecular formula is C22H20BrN3O3. The van der Waals surface area contributed by atoms with Crippen molar-refractivity contribution in [2.24, 2.45) is 5.10 Å². The van der Waals surface area contributed by atoms with Gasteiger partial charge in [0, 0.05) is 17.7 Å². The van der Waals surface area contributed by atoms with Gasteiger partial charge in [0.05, 0.1) is 18.9 Å². The van der Waals surface area contributed by atoms with E-state index in [-0.39, 0.29) is 35.2 Å². The van der Waals surface area contributed by atoms with Gasteiger partial charge in [0.1, 0.15) is 5.75 Å². The second-order valence-electron chi connectivity index (χ2n) is 6.02. The lowest BCUT2D eigenvalue weighted by atomic mass is 10.1. The van der Waals surface area contributed by atoms with Crippen LogP contribution >= 0.6 is 0 Å². The Labute approximate surface area is 179 Å². The van der Waals surface area contributed by atoms with Crippen molar-refractivity contribution < 1.29 is 35.9 Å². The number of benzene rings is 2. The Kier molecular flexibility index (Phi) is 8.24. The maximum atomic E-state index is 12.3. The zero-order valence-electron chi connectivity index (χ0n) is 15.8. The Morgan fingerprint density at radius 1 is 0.966 bits per heavy atom. The van der Waals surface area contributed by atoms with Crippen molar-refractivity contribution in [3.63, 3.8) is 0 Å². The van der Waals surface area contributed by atoms with E-state index >= 15 is 0 Å². The molecule has 0 aliphatic carbocycles. The number of ketones is 1. The van der Waals surface area contributed by atoms with E-state index in [4.69, 9.17) is 4.74 Å². The first-order valence-corrected chi connectivity index (χ1v) is 8.70. The minimum atomic E-state index is -0.319. The highest BCUT2D eigenvalue weighted by Crippen LogP contribution is 2.11. The number of Topliss-reactive ketones (excluding diaryl/α,β-unsaturated/α-hetero) is 1. The Morgan fingerprint density at radius 2 is 1.62 bits per heavy atom. The first-order chi connectivity index (χ1) is 13.7. The summed E-state index contributed by atoms with van der Waals surface area (Å²) in [5.74, 6) is 0.354. The molecule has 6 nitrogen and oxygen atoms in total. The molecule has 3 rings (SSSR count). The van der Waals surface area contributed by atoms with Gasteiger partial charge in [-0.25, -0.2) is 5.43 Å². The second kappa shape index (κ2) is 10.9. The van der Waals surface area contributed by atoms with E-state index in [1.165, 1.54) is 0 Å². The number of carbonyl (C=O) groups is 2. The lowest BCUT2D eigenvalue weighted by Gasteiger charge is -2.02. The third-order valence-electron chi connectivity index (χ3n) is 4.07. The Hall–Kier alpha value is -3.32. The van der Waals surface area contributed by atoms with Gasteiger partial charge in [-0.2, -0.15) is 9.67 Å². The monoisotopic (exact) mass is 453 g/mol. The van der Waals surface area contributed by atoms with Crippen LogP contribution in [-0.4, -0.2) is 25.0 Å². The molecular weight excluding hydrogens is 434 g/mol. The van der Waals surface area contributed by atoms with Crippen LogP contribution in [-0.2, 0) is 6.54 Å². The van der Waals surface area contributed by atoms with Crippen LogP contribution in [0.2, 0.25) is 0 Å². The molecule has 7 heteroatoms. The summed E-state index contributed by atoms with van der Waals surface area (Å²) >= 11 is 0. The van der Waals surface area contributed by atoms with Gasteiger partial charge in [-0.3, -0.25) is 9.59 Å². The molecule has 3 aromatic rings. The predicted octanol–water partition coefficient (Wildman–Crippen LogP) is -0.366. The first kappa shape index (κ1) is 22.0. The smallest absolute Gasteiger partial charge is 0.271 e. The molecule has 1 N–H and O–H groups in total. The minimum Gasteiger partial charge on any atom is -1.00 e. The normalized spacial score (nSPS) is 10.2. The Morgan fingerprint density at radius 3 is 2.24 bits per heavy atom. The molecule has 1 amide bonds. The number of hydrogen-bond acceptors (Lipinski definition) is 4. The fraction of sp³-hybridized carbons (Fsp3) is 0.0909. The minimum absolute atomic E-state index is 0. The van der Waals surface area contributed by atoms with Crippen molar-refractivity contribution in [3.8, 4) is 5.75 Å². The van der Waals surface area contributed by atoms with Crippen LogP contribution in [0.25, 0.3) is 0 Å². The summed E-state index contributed by atoms with van der Waals surface area (Å²) in [4.78, 5) is 24.5. The quantitative estimate of drug-likeness (QED) is 0.229. The topological polar surface area (TPSA) is 71.6 Å². The van der Waals surface area contributed by atoms with Crippen LogP contribution < -0.4 is 31.7 Å². The van der Waals surface area contributed by atoms with Crippen LogP contribution in [0, 0.1) is 0 Å². The van der Waals surface area contributed by atoms with Gasteiger partial charge >= 0.3 is 0 Å². The highest BCUT2D eigenvalue weighted by Gasteiger charge is 2.13. The van der Waals surface area contributed by atoms with Crippen LogP contribution in [0.4, 0.5) is 0 Å². The van der Waals surface area contributed by atoms with Crippen molar-refractivity contribution in [2.75, 3.05) is 7.11 Å². The maximum absolute atomic E-state index is 12.3. The van der Waals surface area contributed by atoms with Gasteiger partial charge in [-0.15, -0.1) is 0 Å². The molecule has 0 bridgehead atoms. The summed E-state index contributed by atoms with van der Waals surface area (Å²) in [6.07, 6.45) is 4.96. The molecule has 2 aromatic carbocycles. The molecule has 0 unspecified atom stereocenters. The predicted molar refractivity (Wildman–Crippen MR) is 105 cm³/mol. The highest BCUT2D eigenvalue weighted by atomic mass is 79.9. The van der Waals surface area contributed by atoms with Crippen LogP contribution in [0.15, 0.2) is 84.2 Å². The lowest BCUT2D eigenvalue weighted by molar-refractivity contribution is -0.683. The lowest BCUT2D eigenvalue weighted by Crippen LogP contribution is -3.00. The number of nitrogens with zero attached hydrogens (tertiary/aromatic N) is 2. The number of halogens is 1. The van der Waals surface area contributed by atoms with Crippen molar-refractivity contribution in [1.82, 2.24) is 5.43 Å². The molecule has 0 aliphatic rings.